The number of hydrogen-bond donors (Lipinski definition) is 1. The fourth-order valence-electron chi connectivity index (χ4n) is 3.11. The maximum atomic E-state index is 12.3. The number of anilines is 2. The normalized spacial score (nSPS) is 13.9. The summed E-state index contributed by atoms with van der Waals surface area (Å²) in [4.78, 5) is 28.2. The van der Waals surface area contributed by atoms with Gasteiger partial charge in [0.15, 0.2) is 0 Å². The Bertz CT molecular complexity index is 890. The highest BCUT2D eigenvalue weighted by Gasteiger charge is 2.13. The number of rotatable bonds is 7. The first-order chi connectivity index (χ1) is 14.5. The molecule has 1 N–H and O–H groups in total. The van der Waals surface area contributed by atoms with Crippen LogP contribution in [-0.4, -0.2) is 63.7 Å². The van der Waals surface area contributed by atoms with Gasteiger partial charge >= 0.3 is 0 Å². The van der Waals surface area contributed by atoms with Crippen molar-refractivity contribution >= 4 is 29.3 Å². The van der Waals surface area contributed by atoms with Crippen LogP contribution in [0, 0.1) is 0 Å². The predicted octanol–water partition coefficient (Wildman–Crippen LogP) is 2.64. The Labute approximate surface area is 176 Å². The van der Waals surface area contributed by atoms with Gasteiger partial charge in [0.25, 0.3) is 0 Å². The maximum absolute atomic E-state index is 12.3. The van der Waals surface area contributed by atoms with E-state index in [0.29, 0.717) is 5.69 Å². The van der Waals surface area contributed by atoms with E-state index in [4.69, 9.17) is 9.47 Å². The predicted molar refractivity (Wildman–Crippen MR) is 118 cm³/mol. The highest BCUT2D eigenvalue weighted by atomic mass is 16.5. The highest BCUT2D eigenvalue weighted by Crippen LogP contribution is 2.19. The van der Waals surface area contributed by atoms with Gasteiger partial charge in [-0.15, -0.1) is 0 Å². The molecule has 158 valence electrons. The molecule has 0 saturated carbocycles. The second-order valence-corrected chi connectivity index (χ2v) is 7.00. The van der Waals surface area contributed by atoms with E-state index in [9.17, 15) is 9.59 Å². The quantitative estimate of drug-likeness (QED) is 0.712. The Hall–Kier alpha value is -3.32. The first-order valence-corrected chi connectivity index (χ1v) is 9.85. The van der Waals surface area contributed by atoms with Crippen LogP contribution in [0.3, 0.4) is 0 Å². The van der Waals surface area contributed by atoms with Gasteiger partial charge in [0.2, 0.25) is 11.8 Å². The third kappa shape index (κ3) is 6.09. The zero-order chi connectivity index (χ0) is 21.3. The minimum Gasteiger partial charge on any atom is -0.497 e. The van der Waals surface area contributed by atoms with Crippen molar-refractivity contribution in [1.82, 2.24) is 4.90 Å². The number of benzene rings is 2. The molecule has 0 aromatic heterocycles. The van der Waals surface area contributed by atoms with E-state index in [1.54, 1.807) is 20.2 Å². The van der Waals surface area contributed by atoms with E-state index in [1.807, 2.05) is 48.5 Å². The van der Waals surface area contributed by atoms with Crippen molar-refractivity contribution in [2.24, 2.45) is 0 Å². The van der Waals surface area contributed by atoms with Crippen LogP contribution in [0.1, 0.15) is 5.56 Å². The van der Waals surface area contributed by atoms with Crippen molar-refractivity contribution in [2.45, 2.75) is 0 Å². The van der Waals surface area contributed by atoms with E-state index in [1.165, 1.54) is 11.0 Å². The number of morpholine rings is 1. The third-order valence-electron chi connectivity index (χ3n) is 4.80. The van der Waals surface area contributed by atoms with Gasteiger partial charge in [-0.25, -0.2) is 0 Å². The molecular formula is C23H27N3O4. The Kier molecular flexibility index (Phi) is 7.45. The molecule has 1 fully saturated rings. The third-order valence-corrected chi connectivity index (χ3v) is 4.80. The van der Waals surface area contributed by atoms with Crippen LogP contribution in [0.4, 0.5) is 11.4 Å². The summed E-state index contributed by atoms with van der Waals surface area (Å²) in [7, 11) is 3.19. The molecule has 0 radical (unpaired) electrons. The summed E-state index contributed by atoms with van der Waals surface area (Å²) in [5.74, 6) is 0.215. The van der Waals surface area contributed by atoms with Crippen molar-refractivity contribution in [3.05, 3.63) is 60.2 Å². The number of ether oxygens (including phenoxy) is 2. The molecule has 0 aliphatic carbocycles. The highest BCUT2D eigenvalue weighted by molar-refractivity contribution is 5.98. The molecule has 7 nitrogen and oxygen atoms in total. The van der Waals surface area contributed by atoms with Crippen LogP contribution in [0.15, 0.2) is 54.6 Å². The summed E-state index contributed by atoms with van der Waals surface area (Å²) in [5.41, 5.74) is 2.65. The smallest absolute Gasteiger partial charge is 0.246 e. The van der Waals surface area contributed by atoms with Gasteiger partial charge in [-0.2, -0.15) is 0 Å². The Morgan fingerprint density at radius 3 is 2.60 bits per heavy atom. The first kappa shape index (κ1) is 21.4. The number of likely N-dealkylation sites (N-methyl/N-ethyl adjacent to an activating group) is 1. The Balaban J connectivity index is 1.49. The number of carbonyl (C=O) groups excluding carboxylic acids is 2. The fraction of sp³-hybridized carbons (Fsp3) is 0.304. The monoisotopic (exact) mass is 409 g/mol. The van der Waals surface area contributed by atoms with Gasteiger partial charge in [-0.3, -0.25) is 9.59 Å². The molecule has 3 rings (SSSR count). The molecule has 7 heteroatoms. The number of carbonyl (C=O) groups is 2. The second kappa shape index (κ2) is 10.5. The summed E-state index contributed by atoms with van der Waals surface area (Å²) in [5, 5.41) is 2.83. The minimum atomic E-state index is -0.254. The summed E-state index contributed by atoms with van der Waals surface area (Å²) in [6, 6.07) is 15.1. The molecule has 0 bridgehead atoms. The first-order valence-electron chi connectivity index (χ1n) is 9.85. The average Bonchev–Trinajstić information content (AvgIpc) is 2.78. The van der Waals surface area contributed by atoms with Gasteiger partial charge in [0, 0.05) is 37.6 Å². The molecule has 0 spiro atoms. The van der Waals surface area contributed by atoms with E-state index >= 15 is 0 Å². The molecule has 2 amide bonds. The lowest BCUT2D eigenvalue weighted by molar-refractivity contribution is -0.129. The van der Waals surface area contributed by atoms with Gasteiger partial charge in [0.05, 0.1) is 26.9 Å². The van der Waals surface area contributed by atoms with Crippen molar-refractivity contribution in [2.75, 3.05) is 57.2 Å². The Morgan fingerprint density at radius 2 is 1.90 bits per heavy atom. The van der Waals surface area contributed by atoms with Crippen LogP contribution < -0.4 is 15.0 Å². The lowest BCUT2D eigenvalue weighted by Crippen LogP contribution is -2.36. The van der Waals surface area contributed by atoms with Crippen molar-refractivity contribution < 1.29 is 19.1 Å². The van der Waals surface area contributed by atoms with Crippen LogP contribution in [0.2, 0.25) is 0 Å². The standard InChI is InChI=1S/C23H27N3O4/c1-25(23(28)11-6-18-4-3-5-21(16-18)29-2)17-22(27)24-19-7-9-20(10-8-19)26-12-14-30-15-13-26/h3-11,16H,12-15,17H2,1-2H3,(H,24,27)/b11-6+. The number of hydrogen-bond acceptors (Lipinski definition) is 5. The summed E-state index contributed by atoms with van der Waals surface area (Å²) >= 11 is 0. The van der Waals surface area contributed by atoms with Gasteiger partial charge < -0.3 is 24.6 Å². The SMILES string of the molecule is COc1cccc(/C=C/C(=O)N(C)CC(=O)Nc2ccc(N3CCOCC3)cc2)c1. The van der Waals surface area contributed by atoms with Crippen LogP contribution in [0.5, 0.6) is 5.75 Å². The topological polar surface area (TPSA) is 71.1 Å². The van der Waals surface area contributed by atoms with E-state index in [0.717, 1.165) is 43.3 Å². The number of nitrogens with one attached hydrogen (secondary N) is 1. The largest absolute Gasteiger partial charge is 0.497 e. The molecule has 1 saturated heterocycles. The Morgan fingerprint density at radius 1 is 1.17 bits per heavy atom. The maximum Gasteiger partial charge on any atom is 0.246 e. The van der Waals surface area contributed by atoms with Crippen molar-refractivity contribution in [3.8, 4) is 5.75 Å². The lowest BCUT2D eigenvalue weighted by Gasteiger charge is -2.28. The molecule has 2 aromatic rings. The molecule has 30 heavy (non-hydrogen) atoms. The molecule has 0 atom stereocenters. The molecular weight excluding hydrogens is 382 g/mol. The zero-order valence-corrected chi connectivity index (χ0v) is 17.3. The van der Waals surface area contributed by atoms with E-state index in [2.05, 4.69) is 10.2 Å². The van der Waals surface area contributed by atoms with E-state index in [-0.39, 0.29) is 18.4 Å². The molecule has 2 aromatic carbocycles. The van der Waals surface area contributed by atoms with Crippen LogP contribution in [0.25, 0.3) is 6.08 Å². The second-order valence-electron chi connectivity index (χ2n) is 7.00. The minimum absolute atomic E-state index is 0.0352. The van der Waals surface area contributed by atoms with Crippen LogP contribution >= 0.6 is 0 Å². The number of methoxy groups -OCH3 is 1. The average molecular weight is 409 g/mol. The van der Waals surface area contributed by atoms with Crippen LogP contribution in [-0.2, 0) is 14.3 Å². The molecule has 0 unspecified atom stereocenters. The van der Waals surface area contributed by atoms with Gasteiger partial charge in [-0.05, 0) is 48.0 Å². The lowest BCUT2D eigenvalue weighted by atomic mass is 10.2. The summed E-state index contributed by atoms with van der Waals surface area (Å²) in [6.07, 6.45) is 3.14. The molecule has 1 aliphatic heterocycles. The summed E-state index contributed by atoms with van der Waals surface area (Å²) in [6.45, 7) is 3.15. The van der Waals surface area contributed by atoms with Gasteiger partial charge in [0.1, 0.15) is 5.75 Å². The van der Waals surface area contributed by atoms with E-state index < -0.39 is 0 Å². The number of nitrogens with zero attached hydrogens (tertiary/aromatic N) is 2. The molecule has 1 heterocycles. The zero-order valence-electron chi connectivity index (χ0n) is 17.3. The fourth-order valence-corrected chi connectivity index (χ4v) is 3.11. The van der Waals surface area contributed by atoms with Crippen molar-refractivity contribution in [3.63, 3.8) is 0 Å². The summed E-state index contributed by atoms with van der Waals surface area (Å²) < 4.78 is 10.5. The number of amides is 2. The van der Waals surface area contributed by atoms with Gasteiger partial charge in [-0.1, -0.05) is 12.1 Å². The van der Waals surface area contributed by atoms with Crippen molar-refractivity contribution in [1.29, 1.82) is 0 Å². The molecule has 1 aliphatic rings.